The number of fused-ring (bicyclic) bond motifs is 3. The van der Waals surface area contributed by atoms with Crippen LogP contribution in [0.5, 0.6) is 0 Å². The molecule has 0 spiro atoms. The average Bonchev–Trinajstić information content (AvgIpc) is 2.91. The van der Waals surface area contributed by atoms with Gasteiger partial charge in [0.1, 0.15) is 15.4 Å². The number of pyridine rings is 1. The number of hydrogen-bond acceptors (Lipinski definition) is 5. The van der Waals surface area contributed by atoms with Gasteiger partial charge >= 0.3 is 0 Å². The van der Waals surface area contributed by atoms with Crippen molar-refractivity contribution in [2.24, 2.45) is 0 Å². The predicted octanol–water partition coefficient (Wildman–Crippen LogP) is 3.29. The number of para-hydroxylation sites is 1. The maximum atomic E-state index is 11.4. The highest BCUT2D eigenvalue weighted by Crippen LogP contribution is 2.33. The Morgan fingerprint density at radius 3 is 2.50 bits per heavy atom. The largest absolute Gasteiger partial charge is 0.382 e. The summed E-state index contributed by atoms with van der Waals surface area (Å²) >= 11 is 0. The van der Waals surface area contributed by atoms with Crippen LogP contribution in [0.4, 0.5) is 5.82 Å². The van der Waals surface area contributed by atoms with Crippen molar-refractivity contribution in [3.63, 3.8) is 0 Å². The molecule has 3 aromatic rings. The Morgan fingerprint density at radius 1 is 1.15 bits per heavy atom. The van der Waals surface area contributed by atoms with Gasteiger partial charge < -0.3 is 5.73 Å². The number of anilines is 1. The Bertz CT molecular complexity index is 1060. The molecular weight excluding hydrogens is 348 g/mol. The van der Waals surface area contributed by atoms with Crippen molar-refractivity contribution in [1.82, 2.24) is 14.8 Å². The van der Waals surface area contributed by atoms with E-state index in [-0.39, 0.29) is 11.3 Å². The summed E-state index contributed by atoms with van der Waals surface area (Å²) in [6, 6.07) is 7.92. The lowest BCUT2D eigenvalue weighted by Crippen LogP contribution is -2.25. The molecule has 140 valence electrons. The van der Waals surface area contributed by atoms with Gasteiger partial charge in [-0.05, 0) is 46.1 Å². The molecule has 0 aliphatic carbocycles. The van der Waals surface area contributed by atoms with Crippen LogP contribution in [0.25, 0.3) is 21.8 Å². The first-order valence-electron chi connectivity index (χ1n) is 8.82. The molecule has 0 saturated carbocycles. The molecule has 0 bridgehead atoms. The first kappa shape index (κ1) is 18.6. The minimum atomic E-state index is -2.94. The third-order valence-electron chi connectivity index (χ3n) is 4.45. The highest BCUT2D eigenvalue weighted by Gasteiger charge is 2.24. The number of hydrogen-bond donors (Lipinski definition) is 1. The molecule has 2 heterocycles. The Kier molecular flexibility index (Phi) is 4.69. The molecule has 0 aliphatic heterocycles. The summed E-state index contributed by atoms with van der Waals surface area (Å²) in [5.74, 6) is 0.637. The van der Waals surface area contributed by atoms with E-state index in [1.165, 1.54) is 6.26 Å². The fraction of sp³-hybridized carbons (Fsp3) is 0.474. The second-order valence-electron chi connectivity index (χ2n) is 7.85. The lowest BCUT2D eigenvalue weighted by molar-refractivity contribution is 0.345. The number of sulfone groups is 1. The van der Waals surface area contributed by atoms with Crippen LogP contribution in [-0.4, -0.2) is 35.2 Å². The first-order valence-corrected chi connectivity index (χ1v) is 10.9. The van der Waals surface area contributed by atoms with E-state index in [0.717, 1.165) is 40.3 Å². The van der Waals surface area contributed by atoms with Gasteiger partial charge in [0, 0.05) is 28.5 Å². The quantitative estimate of drug-likeness (QED) is 0.692. The monoisotopic (exact) mass is 374 g/mol. The van der Waals surface area contributed by atoms with E-state index >= 15 is 0 Å². The fourth-order valence-electron chi connectivity index (χ4n) is 3.32. The van der Waals surface area contributed by atoms with Gasteiger partial charge in [0.25, 0.3) is 0 Å². The van der Waals surface area contributed by atoms with Crippen LogP contribution in [0.3, 0.4) is 0 Å². The number of aryl methyl sites for hydroxylation is 1. The predicted molar refractivity (Wildman–Crippen MR) is 107 cm³/mol. The molecule has 0 saturated heterocycles. The van der Waals surface area contributed by atoms with Crippen LogP contribution >= 0.6 is 0 Å². The zero-order chi connectivity index (χ0) is 19.1. The normalized spacial score (nSPS) is 12.9. The second-order valence-corrected chi connectivity index (χ2v) is 10.1. The van der Waals surface area contributed by atoms with E-state index in [4.69, 9.17) is 10.8 Å². The summed E-state index contributed by atoms with van der Waals surface area (Å²) in [5, 5.41) is 6.83. The molecule has 2 N–H and O–H groups in total. The molecule has 1 aromatic carbocycles. The van der Waals surface area contributed by atoms with E-state index in [1.807, 2.05) is 28.9 Å². The van der Waals surface area contributed by atoms with Crippen LogP contribution in [0.15, 0.2) is 24.3 Å². The minimum absolute atomic E-state index is 0.207. The Balaban J connectivity index is 2.14. The second kappa shape index (κ2) is 6.54. The summed E-state index contributed by atoms with van der Waals surface area (Å²) in [6.07, 6.45) is 3.44. The van der Waals surface area contributed by atoms with E-state index in [9.17, 15) is 8.42 Å². The van der Waals surface area contributed by atoms with E-state index in [2.05, 4.69) is 25.8 Å². The van der Waals surface area contributed by atoms with Crippen molar-refractivity contribution in [2.45, 2.75) is 45.6 Å². The van der Waals surface area contributed by atoms with Gasteiger partial charge in [-0.15, -0.1) is 0 Å². The van der Waals surface area contributed by atoms with Crippen molar-refractivity contribution < 1.29 is 8.42 Å². The summed E-state index contributed by atoms with van der Waals surface area (Å²) in [4.78, 5) is 4.49. The number of nitrogens with two attached hydrogens (primary N) is 1. The molecule has 3 rings (SSSR count). The average molecular weight is 375 g/mol. The summed E-state index contributed by atoms with van der Waals surface area (Å²) < 4.78 is 24.8. The van der Waals surface area contributed by atoms with Crippen molar-refractivity contribution in [1.29, 1.82) is 0 Å². The molecule has 0 aliphatic rings. The topological polar surface area (TPSA) is 90.9 Å². The smallest absolute Gasteiger partial charge is 0.152 e. The Labute approximate surface area is 154 Å². The lowest BCUT2D eigenvalue weighted by atomic mass is 10.0. The standard InChI is InChI=1S/C19H26N4O2S/c1-19(2,3)23-15(11-7-8-12-26(4,24)25)16-13-9-5-6-10-14(13)21-18(20)17(16)22-23/h5-6,9-10H,7-8,11-12H2,1-4H3,(H2,20,21). The van der Waals surface area contributed by atoms with Gasteiger partial charge in [-0.1, -0.05) is 18.2 Å². The van der Waals surface area contributed by atoms with Crippen LogP contribution in [-0.2, 0) is 21.8 Å². The maximum absolute atomic E-state index is 11.4. The summed E-state index contributed by atoms with van der Waals surface area (Å²) in [5.41, 5.74) is 8.64. The summed E-state index contributed by atoms with van der Waals surface area (Å²) in [6.45, 7) is 6.31. The number of unbranched alkanes of at least 4 members (excludes halogenated alkanes) is 1. The number of benzene rings is 1. The van der Waals surface area contributed by atoms with Gasteiger partial charge in [-0.2, -0.15) is 5.10 Å². The third kappa shape index (κ3) is 3.67. The zero-order valence-electron chi connectivity index (χ0n) is 15.8. The van der Waals surface area contributed by atoms with E-state index in [1.54, 1.807) is 0 Å². The molecule has 0 amide bonds. The molecule has 0 radical (unpaired) electrons. The number of nitrogen functional groups attached to an aromatic ring is 1. The number of nitrogens with zero attached hydrogens (tertiary/aromatic N) is 3. The lowest BCUT2D eigenvalue weighted by Gasteiger charge is -2.22. The molecule has 0 fully saturated rings. The van der Waals surface area contributed by atoms with Crippen LogP contribution in [0.2, 0.25) is 0 Å². The molecule has 7 heteroatoms. The highest BCUT2D eigenvalue weighted by atomic mass is 32.2. The van der Waals surface area contributed by atoms with Crippen molar-refractivity contribution >= 4 is 37.5 Å². The molecule has 6 nitrogen and oxygen atoms in total. The Morgan fingerprint density at radius 2 is 1.85 bits per heavy atom. The molecule has 0 atom stereocenters. The number of aromatic nitrogens is 3. The molecular formula is C19H26N4O2S. The highest BCUT2D eigenvalue weighted by molar-refractivity contribution is 7.90. The van der Waals surface area contributed by atoms with Gasteiger partial charge in [-0.25, -0.2) is 13.4 Å². The molecule has 2 aromatic heterocycles. The van der Waals surface area contributed by atoms with Crippen LogP contribution < -0.4 is 5.73 Å². The van der Waals surface area contributed by atoms with Crippen molar-refractivity contribution in [2.75, 3.05) is 17.7 Å². The number of rotatable bonds is 5. The molecule has 0 unspecified atom stereocenters. The molecule has 26 heavy (non-hydrogen) atoms. The van der Waals surface area contributed by atoms with Gasteiger partial charge in [0.15, 0.2) is 5.82 Å². The van der Waals surface area contributed by atoms with Gasteiger partial charge in [-0.3, -0.25) is 4.68 Å². The SMILES string of the molecule is CC(C)(C)n1nc2c(N)nc3ccccc3c2c1CCCCS(C)(=O)=O. The van der Waals surface area contributed by atoms with Crippen molar-refractivity contribution in [3.8, 4) is 0 Å². The Hall–Kier alpha value is -2.15. The van der Waals surface area contributed by atoms with Crippen LogP contribution in [0, 0.1) is 0 Å². The minimum Gasteiger partial charge on any atom is -0.382 e. The first-order chi connectivity index (χ1) is 12.1. The maximum Gasteiger partial charge on any atom is 0.152 e. The van der Waals surface area contributed by atoms with Gasteiger partial charge in [0.2, 0.25) is 0 Å². The van der Waals surface area contributed by atoms with Gasteiger partial charge in [0.05, 0.1) is 11.1 Å². The van der Waals surface area contributed by atoms with E-state index < -0.39 is 9.84 Å². The fourth-order valence-corrected chi connectivity index (χ4v) is 4.05. The van der Waals surface area contributed by atoms with E-state index in [0.29, 0.717) is 12.2 Å². The third-order valence-corrected chi connectivity index (χ3v) is 5.48. The van der Waals surface area contributed by atoms with Crippen LogP contribution in [0.1, 0.15) is 39.3 Å². The zero-order valence-corrected chi connectivity index (χ0v) is 16.6. The summed E-state index contributed by atoms with van der Waals surface area (Å²) in [7, 11) is -2.94. The van der Waals surface area contributed by atoms with Crippen molar-refractivity contribution in [3.05, 3.63) is 30.0 Å².